The zero-order valence-electron chi connectivity index (χ0n) is 21.3. The maximum atomic E-state index is 13.6. The van der Waals surface area contributed by atoms with Gasteiger partial charge in [-0.2, -0.15) is 0 Å². The van der Waals surface area contributed by atoms with Crippen molar-refractivity contribution in [1.82, 2.24) is 26.2 Å². The lowest BCUT2D eigenvalue weighted by Crippen LogP contribution is -2.57. The molecule has 1 aliphatic carbocycles. The van der Waals surface area contributed by atoms with Crippen LogP contribution in [-0.4, -0.2) is 95.7 Å². The molecule has 4 aliphatic heterocycles. The number of hydrogen-bond acceptors (Lipinski definition) is 8. The first kappa shape index (κ1) is 27.0. The Kier molecular flexibility index (Phi) is 8.72. The van der Waals surface area contributed by atoms with Crippen LogP contribution in [0.1, 0.15) is 45.4 Å². The number of β-amino-alcohol motifs (C(OH)–C–C–N with tert-alkyl or cyclic N) is 1. The highest BCUT2D eigenvalue weighted by molar-refractivity contribution is 8.00. The minimum Gasteiger partial charge on any atom is -0.391 e. The van der Waals surface area contributed by atoms with Gasteiger partial charge in [-0.05, 0) is 57.3 Å². The summed E-state index contributed by atoms with van der Waals surface area (Å²) < 4.78 is 5.80. The maximum absolute atomic E-state index is 13.6. The minimum absolute atomic E-state index is 0.0168. The molecule has 204 valence electrons. The number of carbonyl (C=O) groups excluding carboxylic acids is 2. The minimum atomic E-state index is -0.382. The highest BCUT2D eigenvalue weighted by Crippen LogP contribution is 2.41. The molecule has 0 aromatic heterocycles. The van der Waals surface area contributed by atoms with Crippen molar-refractivity contribution in [3.8, 4) is 0 Å². The lowest BCUT2D eigenvalue weighted by Gasteiger charge is -2.45. The summed E-state index contributed by atoms with van der Waals surface area (Å²) in [5.41, 5.74) is -0.230. The smallest absolute Gasteiger partial charge is 0.226 e. The first-order valence-electron chi connectivity index (χ1n) is 13.6. The van der Waals surface area contributed by atoms with Crippen LogP contribution in [0.2, 0.25) is 0 Å². The molecule has 0 radical (unpaired) electrons. The van der Waals surface area contributed by atoms with Crippen molar-refractivity contribution in [3.63, 3.8) is 0 Å². The number of nitrogens with zero attached hydrogens (tertiary/aromatic N) is 1. The van der Waals surface area contributed by atoms with E-state index in [1.54, 1.807) is 18.9 Å². The molecule has 4 saturated heterocycles. The van der Waals surface area contributed by atoms with Crippen molar-refractivity contribution in [2.24, 2.45) is 23.7 Å². The Bertz CT molecular complexity index is 810. The Morgan fingerprint density at radius 2 is 1.94 bits per heavy atom. The number of amides is 2. The molecular weight excluding hydrogens is 502 g/mol. The van der Waals surface area contributed by atoms with E-state index in [9.17, 15) is 14.7 Å². The number of likely N-dealkylation sites (tertiary alicyclic amines) is 1. The highest BCUT2D eigenvalue weighted by atomic mass is 35.5. The first-order chi connectivity index (χ1) is 17.3. The second-order valence-electron chi connectivity index (χ2n) is 11.4. The Labute approximate surface area is 223 Å². The van der Waals surface area contributed by atoms with Gasteiger partial charge < -0.3 is 25.4 Å². The quantitative estimate of drug-likeness (QED) is 0.254. The molecule has 0 aromatic carbocycles. The predicted molar refractivity (Wildman–Crippen MR) is 140 cm³/mol. The summed E-state index contributed by atoms with van der Waals surface area (Å²) in [5, 5.41) is 23.8. The van der Waals surface area contributed by atoms with Gasteiger partial charge in [-0.25, -0.2) is 0 Å². The van der Waals surface area contributed by atoms with E-state index in [4.69, 9.17) is 16.3 Å². The molecule has 2 amide bonds. The van der Waals surface area contributed by atoms with Crippen molar-refractivity contribution < 1.29 is 19.4 Å². The van der Waals surface area contributed by atoms with Crippen molar-refractivity contribution in [3.05, 3.63) is 0 Å². The number of ether oxygens (including phenoxy) is 1. The zero-order chi connectivity index (χ0) is 25.4. The van der Waals surface area contributed by atoms with Gasteiger partial charge in [0.05, 0.1) is 23.6 Å². The van der Waals surface area contributed by atoms with Gasteiger partial charge in [0, 0.05) is 56.5 Å². The Morgan fingerprint density at radius 1 is 1.11 bits per heavy atom. The normalized spacial score (nSPS) is 45.3. The third-order valence-electron chi connectivity index (χ3n) is 9.08. The fourth-order valence-corrected chi connectivity index (χ4v) is 8.92. The number of aliphatic hydroxyl groups excluding tert-OH is 1. The van der Waals surface area contributed by atoms with Crippen LogP contribution >= 0.6 is 23.4 Å². The summed E-state index contributed by atoms with van der Waals surface area (Å²) in [6.45, 7) is 4.68. The fourth-order valence-electron chi connectivity index (χ4n) is 7.09. The van der Waals surface area contributed by atoms with Gasteiger partial charge in [0.25, 0.3) is 0 Å². The largest absolute Gasteiger partial charge is 0.391 e. The number of hydrogen-bond donors (Lipinski definition) is 5. The van der Waals surface area contributed by atoms with E-state index in [0.29, 0.717) is 49.9 Å². The zero-order valence-corrected chi connectivity index (χ0v) is 22.9. The van der Waals surface area contributed by atoms with Crippen LogP contribution in [0.3, 0.4) is 0 Å². The third-order valence-corrected chi connectivity index (χ3v) is 10.8. The van der Waals surface area contributed by atoms with E-state index in [-0.39, 0.29) is 58.7 Å². The van der Waals surface area contributed by atoms with Gasteiger partial charge >= 0.3 is 0 Å². The van der Waals surface area contributed by atoms with E-state index >= 15 is 0 Å². The van der Waals surface area contributed by atoms with E-state index in [0.717, 1.165) is 32.1 Å². The number of rotatable bonds is 5. The summed E-state index contributed by atoms with van der Waals surface area (Å²) in [5.74, 6) is 0.606. The van der Waals surface area contributed by atoms with Crippen molar-refractivity contribution >= 4 is 35.2 Å². The number of fused-ring (bicyclic) bond motifs is 1. The van der Waals surface area contributed by atoms with Crippen molar-refractivity contribution in [2.45, 2.75) is 86.0 Å². The molecule has 11 heteroatoms. The molecule has 36 heavy (non-hydrogen) atoms. The predicted octanol–water partition coefficient (Wildman–Crippen LogP) is 0.657. The topological polar surface area (TPSA) is 115 Å². The van der Waals surface area contributed by atoms with Gasteiger partial charge in [0.15, 0.2) is 0 Å². The fraction of sp³-hybridized carbons (Fsp3) is 0.920. The van der Waals surface area contributed by atoms with Crippen LogP contribution in [0, 0.1) is 23.7 Å². The number of alkyl halides is 1. The van der Waals surface area contributed by atoms with Crippen LogP contribution < -0.4 is 21.3 Å². The molecule has 1 saturated carbocycles. The standard InChI is InChI=1S/C25H42ClN5O4S/c1-13-7-16(17-9-22(26)28-11-20(17)35-2)18(10-27-13)23(33)30-25-29-19-4-3-14(8-21(19)36-25)24(34)31-6-5-15(32)12-31/h13-22,25,27-29,32H,3-12H2,1-2H3,(H,30,33)/t13?,14-,15-,16?,17?,18?,19?,20?,21?,22?,25?/m0/s1. The van der Waals surface area contributed by atoms with Crippen LogP contribution in [0.15, 0.2) is 0 Å². The van der Waals surface area contributed by atoms with Crippen LogP contribution in [0.25, 0.3) is 0 Å². The first-order valence-corrected chi connectivity index (χ1v) is 15.0. The van der Waals surface area contributed by atoms with Crippen molar-refractivity contribution in [1.29, 1.82) is 0 Å². The molecule has 0 bridgehead atoms. The number of halogens is 1. The Morgan fingerprint density at radius 3 is 2.69 bits per heavy atom. The van der Waals surface area contributed by atoms with Crippen LogP contribution in [-0.2, 0) is 14.3 Å². The lowest BCUT2D eigenvalue weighted by molar-refractivity contribution is -0.135. The molecule has 9 unspecified atom stereocenters. The lowest BCUT2D eigenvalue weighted by atomic mass is 9.70. The number of carbonyl (C=O) groups is 2. The molecule has 5 fully saturated rings. The summed E-state index contributed by atoms with van der Waals surface area (Å²) in [4.78, 5) is 28.4. The third kappa shape index (κ3) is 5.84. The molecule has 5 aliphatic rings. The number of thioether (sulfide) groups is 1. The second kappa shape index (κ2) is 11.6. The average molecular weight is 544 g/mol. The van der Waals surface area contributed by atoms with E-state index < -0.39 is 0 Å². The Balaban J connectivity index is 1.18. The van der Waals surface area contributed by atoms with E-state index in [2.05, 4.69) is 28.2 Å². The molecular formula is C25H42ClN5O4S. The maximum Gasteiger partial charge on any atom is 0.226 e. The monoisotopic (exact) mass is 543 g/mol. The van der Waals surface area contributed by atoms with Crippen molar-refractivity contribution in [2.75, 3.05) is 33.3 Å². The van der Waals surface area contributed by atoms with Gasteiger partial charge in [-0.1, -0.05) is 0 Å². The van der Waals surface area contributed by atoms with Crippen LogP contribution in [0.5, 0.6) is 0 Å². The van der Waals surface area contributed by atoms with Gasteiger partial charge in [-0.3, -0.25) is 20.2 Å². The molecule has 4 heterocycles. The molecule has 9 nitrogen and oxygen atoms in total. The highest BCUT2D eigenvalue weighted by Gasteiger charge is 2.46. The van der Waals surface area contributed by atoms with Crippen LogP contribution in [0.4, 0.5) is 0 Å². The number of nitrogens with one attached hydrogen (secondary N) is 4. The van der Waals surface area contributed by atoms with Gasteiger partial charge in [0.2, 0.25) is 11.8 Å². The van der Waals surface area contributed by atoms with E-state index in [1.165, 1.54) is 0 Å². The number of piperidine rings is 2. The van der Waals surface area contributed by atoms with Gasteiger partial charge in [0.1, 0.15) is 5.50 Å². The summed E-state index contributed by atoms with van der Waals surface area (Å²) in [6.07, 6.45) is 4.70. The summed E-state index contributed by atoms with van der Waals surface area (Å²) in [7, 11) is 1.75. The molecule has 0 aromatic rings. The number of aliphatic hydroxyl groups is 1. The molecule has 0 spiro atoms. The van der Waals surface area contributed by atoms with Gasteiger partial charge in [-0.15, -0.1) is 23.4 Å². The summed E-state index contributed by atoms with van der Waals surface area (Å²) in [6, 6.07) is 0.668. The Hall–Kier alpha value is -0.620. The molecule has 5 N–H and O–H groups in total. The SMILES string of the molecule is COC1CNC(Cl)CC1C1CC(C)NCC1C(=O)NC1NC2CC[C@H](C(=O)N3CC[C@H](O)C3)CC2S1. The average Bonchev–Trinajstić information content (AvgIpc) is 3.48. The summed E-state index contributed by atoms with van der Waals surface area (Å²) >= 11 is 8.23. The number of methoxy groups -OCH3 is 1. The van der Waals surface area contributed by atoms with E-state index in [1.807, 2.05) is 4.90 Å². The second-order valence-corrected chi connectivity index (χ2v) is 13.3. The molecule has 5 rings (SSSR count). The molecule has 11 atom stereocenters.